The highest BCUT2D eigenvalue weighted by molar-refractivity contribution is 7.17. The molecule has 6 heteroatoms. The van der Waals surface area contributed by atoms with Crippen molar-refractivity contribution in [2.45, 2.75) is 6.92 Å². The Kier molecular flexibility index (Phi) is 4.51. The number of amides is 1. The zero-order valence-corrected chi connectivity index (χ0v) is 9.67. The maximum absolute atomic E-state index is 11.7. The fraction of sp³-hybridized carbons (Fsp3) is 0.556. The summed E-state index contributed by atoms with van der Waals surface area (Å²) in [7, 11) is 1.66. The van der Waals surface area contributed by atoms with E-state index in [1.807, 2.05) is 6.92 Å². The highest BCUT2D eigenvalue weighted by atomic mass is 32.1. The van der Waals surface area contributed by atoms with Crippen LogP contribution < -0.4 is 5.32 Å². The summed E-state index contributed by atoms with van der Waals surface area (Å²) in [6.45, 7) is 3.07. The second-order valence-electron chi connectivity index (χ2n) is 3.01. The van der Waals surface area contributed by atoms with Gasteiger partial charge in [0.25, 0.3) is 5.91 Å². The minimum Gasteiger partial charge on any atom is -0.395 e. The monoisotopic (exact) mass is 229 g/mol. The maximum atomic E-state index is 11.7. The lowest BCUT2D eigenvalue weighted by Gasteiger charge is -2.13. The molecule has 1 aromatic heterocycles. The van der Waals surface area contributed by atoms with Crippen LogP contribution in [0, 0.1) is 0 Å². The van der Waals surface area contributed by atoms with E-state index in [1.165, 1.54) is 16.2 Å². The number of aliphatic hydroxyl groups is 1. The van der Waals surface area contributed by atoms with Crippen LogP contribution in [-0.4, -0.2) is 47.6 Å². The maximum Gasteiger partial charge on any atom is 0.265 e. The van der Waals surface area contributed by atoms with Crippen LogP contribution in [-0.2, 0) is 0 Å². The average Bonchev–Trinajstić information content (AvgIpc) is 2.66. The van der Waals surface area contributed by atoms with Crippen molar-refractivity contribution in [1.29, 1.82) is 0 Å². The van der Waals surface area contributed by atoms with Crippen molar-refractivity contribution in [3.8, 4) is 0 Å². The predicted molar refractivity (Wildman–Crippen MR) is 60.3 cm³/mol. The summed E-state index contributed by atoms with van der Waals surface area (Å²) >= 11 is 1.32. The number of aliphatic hydroxyl groups excluding tert-OH is 1. The van der Waals surface area contributed by atoms with E-state index in [2.05, 4.69) is 10.3 Å². The predicted octanol–water partition coefficient (Wildman–Crippen LogP) is 0.639. The molecule has 0 spiro atoms. The number of aromatic nitrogens is 1. The van der Waals surface area contributed by atoms with Crippen LogP contribution in [0.15, 0.2) is 6.20 Å². The molecule has 15 heavy (non-hydrogen) atoms. The first-order valence-corrected chi connectivity index (χ1v) is 5.56. The largest absolute Gasteiger partial charge is 0.395 e. The van der Waals surface area contributed by atoms with Gasteiger partial charge in [0.15, 0.2) is 5.13 Å². The van der Waals surface area contributed by atoms with Gasteiger partial charge in [-0.2, -0.15) is 0 Å². The number of rotatable bonds is 5. The topological polar surface area (TPSA) is 65.5 Å². The van der Waals surface area contributed by atoms with Crippen molar-refractivity contribution in [2.75, 3.05) is 32.1 Å². The summed E-state index contributed by atoms with van der Waals surface area (Å²) in [5, 5.41) is 12.5. The van der Waals surface area contributed by atoms with Crippen LogP contribution in [0.4, 0.5) is 5.13 Å². The number of carbonyl (C=O) groups excluding carboxylic acids is 1. The number of hydrogen-bond acceptors (Lipinski definition) is 5. The van der Waals surface area contributed by atoms with Gasteiger partial charge in [0.2, 0.25) is 0 Å². The van der Waals surface area contributed by atoms with Gasteiger partial charge >= 0.3 is 0 Å². The third-order valence-corrected chi connectivity index (χ3v) is 2.77. The molecule has 0 aliphatic heterocycles. The van der Waals surface area contributed by atoms with Crippen molar-refractivity contribution in [3.63, 3.8) is 0 Å². The molecule has 0 bridgehead atoms. The first kappa shape index (κ1) is 11.9. The van der Waals surface area contributed by atoms with Crippen LogP contribution in [0.2, 0.25) is 0 Å². The zero-order valence-electron chi connectivity index (χ0n) is 8.86. The van der Waals surface area contributed by atoms with E-state index in [4.69, 9.17) is 5.11 Å². The van der Waals surface area contributed by atoms with E-state index in [-0.39, 0.29) is 12.5 Å². The molecule has 0 fully saturated rings. The van der Waals surface area contributed by atoms with E-state index < -0.39 is 0 Å². The number of carbonyl (C=O) groups is 1. The van der Waals surface area contributed by atoms with E-state index in [0.29, 0.717) is 11.4 Å². The minimum absolute atomic E-state index is 0.0267. The lowest BCUT2D eigenvalue weighted by molar-refractivity contribution is 0.0771. The summed E-state index contributed by atoms with van der Waals surface area (Å²) in [6, 6.07) is 0. The van der Waals surface area contributed by atoms with E-state index in [9.17, 15) is 4.79 Å². The van der Waals surface area contributed by atoms with Crippen LogP contribution in [0.25, 0.3) is 0 Å². The summed E-state index contributed by atoms with van der Waals surface area (Å²) in [5.74, 6) is -0.106. The Balaban J connectivity index is 2.65. The summed E-state index contributed by atoms with van der Waals surface area (Å²) in [4.78, 5) is 17.8. The Morgan fingerprint density at radius 2 is 2.47 bits per heavy atom. The molecule has 1 rings (SSSR count). The second kappa shape index (κ2) is 5.67. The normalized spacial score (nSPS) is 10.1. The van der Waals surface area contributed by atoms with Crippen molar-refractivity contribution >= 4 is 22.4 Å². The molecule has 2 N–H and O–H groups in total. The van der Waals surface area contributed by atoms with Crippen LogP contribution >= 0.6 is 11.3 Å². The van der Waals surface area contributed by atoms with Gasteiger partial charge in [0.1, 0.15) is 4.88 Å². The molecular formula is C9H15N3O2S. The number of hydrogen-bond donors (Lipinski definition) is 2. The van der Waals surface area contributed by atoms with Crippen molar-refractivity contribution in [2.24, 2.45) is 0 Å². The molecule has 0 aliphatic carbocycles. The highest BCUT2D eigenvalue weighted by Crippen LogP contribution is 2.18. The second-order valence-corrected chi connectivity index (χ2v) is 4.04. The molecule has 0 unspecified atom stereocenters. The SMILES string of the molecule is CCNc1ncc(C(=O)N(C)CCO)s1. The minimum atomic E-state index is -0.106. The Bertz CT molecular complexity index is 327. The number of thiazole rings is 1. The first-order valence-electron chi connectivity index (χ1n) is 4.75. The molecule has 0 saturated heterocycles. The fourth-order valence-corrected chi connectivity index (χ4v) is 1.92. The smallest absolute Gasteiger partial charge is 0.265 e. The lowest BCUT2D eigenvalue weighted by Crippen LogP contribution is -2.28. The molecule has 84 valence electrons. The van der Waals surface area contributed by atoms with Crippen molar-refractivity contribution < 1.29 is 9.90 Å². The van der Waals surface area contributed by atoms with Crippen LogP contribution in [0.1, 0.15) is 16.6 Å². The molecule has 0 saturated carbocycles. The molecule has 0 radical (unpaired) electrons. The molecule has 0 aromatic carbocycles. The van der Waals surface area contributed by atoms with Crippen LogP contribution in [0.3, 0.4) is 0 Å². The molecule has 5 nitrogen and oxygen atoms in total. The highest BCUT2D eigenvalue weighted by Gasteiger charge is 2.14. The van der Waals surface area contributed by atoms with Gasteiger partial charge in [-0.15, -0.1) is 0 Å². The number of likely N-dealkylation sites (N-methyl/N-ethyl adjacent to an activating group) is 1. The quantitative estimate of drug-likeness (QED) is 0.777. The fourth-order valence-electron chi connectivity index (χ4n) is 1.05. The Labute approximate surface area is 92.7 Å². The summed E-state index contributed by atoms with van der Waals surface area (Å²) < 4.78 is 0. The van der Waals surface area contributed by atoms with E-state index in [1.54, 1.807) is 13.2 Å². The molecule has 1 aromatic rings. The first-order chi connectivity index (χ1) is 7.19. The van der Waals surface area contributed by atoms with E-state index >= 15 is 0 Å². The number of anilines is 1. The summed E-state index contributed by atoms with van der Waals surface area (Å²) in [6.07, 6.45) is 1.55. The zero-order chi connectivity index (χ0) is 11.3. The molecule has 1 heterocycles. The van der Waals surface area contributed by atoms with Gasteiger partial charge in [0, 0.05) is 20.1 Å². The van der Waals surface area contributed by atoms with Gasteiger partial charge in [-0.25, -0.2) is 4.98 Å². The summed E-state index contributed by atoms with van der Waals surface area (Å²) in [5.41, 5.74) is 0. The van der Waals surface area contributed by atoms with Gasteiger partial charge in [-0.05, 0) is 6.92 Å². The van der Waals surface area contributed by atoms with Crippen molar-refractivity contribution in [3.05, 3.63) is 11.1 Å². The molecule has 0 atom stereocenters. The number of nitrogens with zero attached hydrogens (tertiary/aromatic N) is 2. The Hall–Kier alpha value is -1.14. The Morgan fingerprint density at radius 3 is 3.07 bits per heavy atom. The van der Waals surface area contributed by atoms with Gasteiger partial charge < -0.3 is 15.3 Å². The van der Waals surface area contributed by atoms with Gasteiger partial charge in [0.05, 0.1) is 12.8 Å². The molecule has 0 aliphatic rings. The Morgan fingerprint density at radius 1 is 1.73 bits per heavy atom. The van der Waals surface area contributed by atoms with Crippen molar-refractivity contribution in [1.82, 2.24) is 9.88 Å². The van der Waals surface area contributed by atoms with E-state index in [0.717, 1.165) is 11.7 Å². The molecule has 1 amide bonds. The standard InChI is InChI=1S/C9H15N3O2S/c1-3-10-9-11-6-7(15-9)8(14)12(2)4-5-13/h6,13H,3-5H2,1-2H3,(H,10,11). The third-order valence-electron chi connectivity index (χ3n) is 1.83. The molecular weight excluding hydrogens is 214 g/mol. The van der Waals surface area contributed by atoms with Gasteiger partial charge in [-0.3, -0.25) is 4.79 Å². The lowest BCUT2D eigenvalue weighted by atomic mass is 10.4. The number of nitrogens with one attached hydrogen (secondary N) is 1. The third kappa shape index (κ3) is 3.17. The van der Waals surface area contributed by atoms with Crippen LogP contribution in [0.5, 0.6) is 0 Å². The van der Waals surface area contributed by atoms with Gasteiger partial charge in [-0.1, -0.05) is 11.3 Å². The average molecular weight is 229 g/mol.